The second-order valence-electron chi connectivity index (χ2n) is 5.72. The van der Waals surface area contributed by atoms with Crippen molar-refractivity contribution in [3.8, 4) is 0 Å². The highest BCUT2D eigenvalue weighted by Gasteiger charge is 2.24. The van der Waals surface area contributed by atoms with Crippen LogP contribution in [0, 0.1) is 5.92 Å². The number of nitrogens with two attached hydrogens (primary N) is 1. The molecule has 100 valence electrons. The molecule has 1 saturated heterocycles. The molecule has 0 amide bonds. The highest BCUT2D eigenvalue weighted by Crippen LogP contribution is 2.29. The van der Waals surface area contributed by atoms with Crippen LogP contribution in [0.25, 0.3) is 0 Å². The van der Waals surface area contributed by atoms with E-state index >= 15 is 0 Å². The molecule has 2 aliphatic rings. The number of hydrogen-bond acceptors (Lipinski definition) is 3. The summed E-state index contributed by atoms with van der Waals surface area (Å²) >= 11 is 0. The molecule has 2 fully saturated rings. The van der Waals surface area contributed by atoms with Crippen LogP contribution in [-0.4, -0.2) is 29.0 Å². The van der Waals surface area contributed by atoms with Crippen molar-refractivity contribution in [2.45, 2.75) is 50.6 Å². The monoisotopic (exact) mass is 249 g/mol. The van der Waals surface area contributed by atoms with Crippen LogP contribution in [0.15, 0.2) is 12.3 Å². The minimum atomic E-state index is 0.274. The summed E-state index contributed by atoms with van der Waals surface area (Å²) in [5.74, 6) is 0.436. The minimum Gasteiger partial charge on any atom is -0.381 e. The van der Waals surface area contributed by atoms with Gasteiger partial charge in [0.25, 0.3) is 0 Å². The first-order valence-corrected chi connectivity index (χ1v) is 7.20. The summed E-state index contributed by atoms with van der Waals surface area (Å²) in [6.07, 6.45) is 9.35. The van der Waals surface area contributed by atoms with Gasteiger partial charge in [0.1, 0.15) is 0 Å². The molecule has 1 aromatic heterocycles. The average Bonchev–Trinajstić information content (AvgIpc) is 3.02. The molecule has 4 nitrogen and oxygen atoms in total. The summed E-state index contributed by atoms with van der Waals surface area (Å²) in [6, 6.07) is 3.06. The van der Waals surface area contributed by atoms with Crippen LogP contribution < -0.4 is 5.73 Å². The van der Waals surface area contributed by atoms with E-state index in [-0.39, 0.29) is 6.04 Å². The number of ether oxygens (including phenoxy) is 1. The lowest BCUT2D eigenvalue weighted by atomic mass is 9.92. The maximum atomic E-state index is 6.14. The van der Waals surface area contributed by atoms with Gasteiger partial charge in [-0.2, -0.15) is 5.10 Å². The Bertz CT molecular complexity index is 384. The molecule has 1 aliphatic carbocycles. The van der Waals surface area contributed by atoms with Gasteiger partial charge < -0.3 is 10.5 Å². The third-order valence-electron chi connectivity index (χ3n) is 4.37. The van der Waals surface area contributed by atoms with Crippen molar-refractivity contribution in [1.82, 2.24) is 9.78 Å². The Morgan fingerprint density at radius 1 is 1.33 bits per heavy atom. The zero-order chi connectivity index (χ0) is 12.4. The highest BCUT2D eigenvalue weighted by atomic mass is 16.5. The molecule has 0 aromatic carbocycles. The molecule has 2 unspecified atom stereocenters. The maximum absolute atomic E-state index is 6.14. The summed E-state index contributed by atoms with van der Waals surface area (Å²) in [6.45, 7) is 1.60. The Morgan fingerprint density at radius 2 is 2.17 bits per heavy atom. The fourth-order valence-corrected chi connectivity index (χ4v) is 3.15. The predicted octanol–water partition coefficient (Wildman–Crippen LogP) is 1.90. The van der Waals surface area contributed by atoms with Gasteiger partial charge in [0.15, 0.2) is 0 Å². The molecule has 0 spiro atoms. The van der Waals surface area contributed by atoms with E-state index in [0.717, 1.165) is 26.1 Å². The van der Waals surface area contributed by atoms with Gasteiger partial charge in [-0.3, -0.25) is 4.68 Å². The molecular formula is C14H23N3O. The van der Waals surface area contributed by atoms with Crippen molar-refractivity contribution in [3.05, 3.63) is 18.0 Å². The van der Waals surface area contributed by atoms with E-state index in [1.54, 1.807) is 0 Å². The number of hydrogen-bond donors (Lipinski definition) is 1. The van der Waals surface area contributed by atoms with Crippen molar-refractivity contribution in [3.63, 3.8) is 0 Å². The Labute approximate surface area is 108 Å². The fourth-order valence-electron chi connectivity index (χ4n) is 3.15. The topological polar surface area (TPSA) is 53.1 Å². The van der Waals surface area contributed by atoms with Crippen LogP contribution in [-0.2, 0) is 11.2 Å². The number of nitrogens with zero attached hydrogens (tertiary/aromatic N) is 2. The van der Waals surface area contributed by atoms with E-state index in [1.165, 1.54) is 31.4 Å². The molecule has 2 atom stereocenters. The standard InChI is InChI=1S/C14H23N3O/c15-14-6-8-18-10-11(14)9-12-5-7-17(16-12)13-3-1-2-4-13/h5,7,11,13-14H,1-4,6,8-10,15H2. The zero-order valence-electron chi connectivity index (χ0n) is 10.9. The molecule has 3 rings (SSSR count). The van der Waals surface area contributed by atoms with Gasteiger partial charge >= 0.3 is 0 Å². The van der Waals surface area contributed by atoms with Gasteiger partial charge in [-0.15, -0.1) is 0 Å². The lowest BCUT2D eigenvalue weighted by Gasteiger charge is -2.28. The SMILES string of the molecule is NC1CCOCC1Cc1ccn(C2CCCC2)n1. The predicted molar refractivity (Wildman–Crippen MR) is 70.3 cm³/mol. The molecule has 2 N–H and O–H groups in total. The zero-order valence-corrected chi connectivity index (χ0v) is 10.9. The molecule has 0 bridgehead atoms. The average molecular weight is 249 g/mol. The summed E-state index contributed by atoms with van der Waals surface area (Å²) in [4.78, 5) is 0. The third-order valence-corrected chi connectivity index (χ3v) is 4.37. The maximum Gasteiger partial charge on any atom is 0.0628 e. The molecule has 4 heteroatoms. The second kappa shape index (κ2) is 5.41. The van der Waals surface area contributed by atoms with Crippen LogP contribution in [0.5, 0.6) is 0 Å². The first-order valence-electron chi connectivity index (χ1n) is 7.20. The van der Waals surface area contributed by atoms with Gasteiger partial charge in [0.05, 0.1) is 18.3 Å². The van der Waals surface area contributed by atoms with Crippen LogP contribution in [0.4, 0.5) is 0 Å². The molecule has 1 saturated carbocycles. The van der Waals surface area contributed by atoms with Gasteiger partial charge in [-0.25, -0.2) is 0 Å². The lowest BCUT2D eigenvalue weighted by molar-refractivity contribution is 0.0418. The summed E-state index contributed by atoms with van der Waals surface area (Å²) in [5, 5.41) is 4.73. The highest BCUT2D eigenvalue weighted by molar-refractivity contribution is 5.03. The Kier molecular flexibility index (Phi) is 3.66. The van der Waals surface area contributed by atoms with Crippen molar-refractivity contribution in [2.75, 3.05) is 13.2 Å². The third kappa shape index (κ3) is 2.59. The molecular weight excluding hydrogens is 226 g/mol. The van der Waals surface area contributed by atoms with Crippen molar-refractivity contribution >= 4 is 0 Å². The Balaban J connectivity index is 1.62. The summed E-state index contributed by atoms with van der Waals surface area (Å²) in [5.41, 5.74) is 7.32. The van der Waals surface area contributed by atoms with Crippen LogP contribution >= 0.6 is 0 Å². The second-order valence-corrected chi connectivity index (χ2v) is 5.72. The van der Waals surface area contributed by atoms with Crippen LogP contribution in [0.3, 0.4) is 0 Å². The summed E-state index contributed by atoms with van der Waals surface area (Å²) < 4.78 is 7.68. The number of rotatable bonds is 3. The number of aromatic nitrogens is 2. The van der Waals surface area contributed by atoms with E-state index < -0.39 is 0 Å². The van der Waals surface area contributed by atoms with E-state index in [9.17, 15) is 0 Å². The molecule has 0 radical (unpaired) electrons. The van der Waals surface area contributed by atoms with Crippen LogP contribution in [0.2, 0.25) is 0 Å². The van der Waals surface area contributed by atoms with E-state index in [0.29, 0.717) is 12.0 Å². The quantitative estimate of drug-likeness (QED) is 0.890. The lowest BCUT2D eigenvalue weighted by Crippen LogP contribution is -2.39. The van der Waals surface area contributed by atoms with Gasteiger partial charge in [0.2, 0.25) is 0 Å². The van der Waals surface area contributed by atoms with Crippen molar-refractivity contribution < 1.29 is 4.74 Å². The Morgan fingerprint density at radius 3 is 2.94 bits per heavy atom. The van der Waals surface area contributed by atoms with Gasteiger partial charge in [0, 0.05) is 24.8 Å². The van der Waals surface area contributed by atoms with E-state index in [2.05, 4.69) is 16.9 Å². The molecule has 1 aliphatic heterocycles. The normalized spacial score (nSPS) is 29.8. The van der Waals surface area contributed by atoms with Crippen molar-refractivity contribution in [1.29, 1.82) is 0 Å². The first-order chi connectivity index (χ1) is 8.83. The molecule has 18 heavy (non-hydrogen) atoms. The van der Waals surface area contributed by atoms with E-state index in [4.69, 9.17) is 15.6 Å². The summed E-state index contributed by atoms with van der Waals surface area (Å²) in [7, 11) is 0. The molecule has 2 heterocycles. The fraction of sp³-hybridized carbons (Fsp3) is 0.786. The van der Waals surface area contributed by atoms with Crippen molar-refractivity contribution in [2.24, 2.45) is 11.7 Å². The Hall–Kier alpha value is -0.870. The van der Waals surface area contributed by atoms with E-state index in [1.807, 2.05) is 0 Å². The first kappa shape index (κ1) is 12.2. The van der Waals surface area contributed by atoms with Gasteiger partial charge in [-0.1, -0.05) is 12.8 Å². The minimum absolute atomic E-state index is 0.274. The smallest absolute Gasteiger partial charge is 0.0628 e. The van der Waals surface area contributed by atoms with Crippen LogP contribution in [0.1, 0.15) is 43.8 Å². The largest absolute Gasteiger partial charge is 0.381 e. The molecule has 1 aromatic rings. The van der Waals surface area contributed by atoms with Gasteiger partial charge in [-0.05, 0) is 31.7 Å².